The van der Waals surface area contributed by atoms with Crippen molar-refractivity contribution in [3.8, 4) is 0 Å². The third-order valence-electron chi connectivity index (χ3n) is 3.06. The first kappa shape index (κ1) is 13.5. The number of halogens is 1. The molecule has 0 bridgehead atoms. The van der Waals surface area contributed by atoms with Gasteiger partial charge in [0.2, 0.25) is 0 Å². The van der Waals surface area contributed by atoms with Crippen LogP contribution in [0.15, 0.2) is 16.7 Å². The Morgan fingerprint density at radius 1 is 1.44 bits per heavy atom. The molecular weight excluding hydrogens is 294 g/mol. The zero-order valence-electron chi connectivity index (χ0n) is 10.8. The topological polar surface area (TPSA) is 38.1 Å². The molecule has 0 fully saturated rings. The number of carbonyl (C=O) groups excluding carboxylic acids is 1. The molecule has 2 rings (SSSR count). The zero-order chi connectivity index (χ0) is 13.1. The van der Waals surface area contributed by atoms with E-state index in [0.29, 0.717) is 6.42 Å². The lowest BCUT2D eigenvalue weighted by Crippen LogP contribution is -2.20. The molecule has 0 saturated heterocycles. The van der Waals surface area contributed by atoms with Crippen molar-refractivity contribution in [3.05, 3.63) is 22.4 Å². The van der Waals surface area contributed by atoms with Crippen molar-refractivity contribution < 1.29 is 4.79 Å². The molecule has 1 aromatic heterocycles. The van der Waals surface area contributed by atoms with Gasteiger partial charge in [0.25, 0.3) is 0 Å². The minimum atomic E-state index is 0.225. The second-order valence-electron chi connectivity index (χ2n) is 4.86. The quantitative estimate of drug-likeness (QED) is 0.856. The zero-order valence-corrected chi connectivity index (χ0v) is 12.4. The van der Waals surface area contributed by atoms with E-state index in [1.54, 1.807) is 6.08 Å². The van der Waals surface area contributed by atoms with Crippen LogP contribution in [-0.4, -0.2) is 41.1 Å². The molecule has 0 radical (unpaired) electrons. The fourth-order valence-electron chi connectivity index (χ4n) is 2.12. The van der Waals surface area contributed by atoms with Gasteiger partial charge in [-0.25, -0.2) is 0 Å². The number of ketones is 1. The third-order valence-corrected chi connectivity index (χ3v) is 3.64. The fourth-order valence-corrected chi connectivity index (χ4v) is 2.68. The van der Waals surface area contributed by atoms with E-state index in [1.807, 2.05) is 25.0 Å². The molecule has 4 nitrogen and oxygen atoms in total. The van der Waals surface area contributed by atoms with Crippen molar-refractivity contribution in [3.63, 3.8) is 0 Å². The predicted octanol–water partition coefficient (Wildman–Crippen LogP) is 2.34. The van der Waals surface area contributed by atoms with Gasteiger partial charge in [-0.2, -0.15) is 5.10 Å². The van der Waals surface area contributed by atoms with Gasteiger partial charge in [-0.1, -0.05) is 0 Å². The highest BCUT2D eigenvalue weighted by Crippen LogP contribution is 2.30. The second-order valence-corrected chi connectivity index (χ2v) is 5.71. The van der Waals surface area contributed by atoms with Gasteiger partial charge in [0.05, 0.1) is 22.9 Å². The molecular formula is C13H18BrN3O. The summed E-state index contributed by atoms with van der Waals surface area (Å²) in [6.45, 7) is 1.77. The Morgan fingerprint density at radius 2 is 2.22 bits per heavy atom. The molecule has 0 spiro atoms. The van der Waals surface area contributed by atoms with E-state index in [4.69, 9.17) is 0 Å². The van der Waals surface area contributed by atoms with Crippen LogP contribution in [0.25, 0.3) is 5.57 Å². The standard InChI is InChI=1S/C13H18BrN3O/c1-16(2)6-7-17-13(12(14)9-15-17)10-4-3-5-11(18)8-10/h8-9H,3-7H2,1-2H3. The smallest absolute Gasteiger partial charge is 0.156 e. The van der Waals surface area contributed by atoms with Gasteiger partial charge in [-0.3, -0.25) is 9.48 Å². The number of likely N-dealkylation sites (N-methyl/N-ethyl adjacent to an activating group) is 1. The summed E-state index contributed by atoms with van der Waals surface area (Å²) < 4.78 is 2.95. The molecule has 1 aromatic rings. The van der Waals surface area contributed by atoms with Crippen LogP contribution in [-0.2, 0) is 11.3 Å². The highest BCUT2D eigenvalue weighted by Gasteiger charge is 2.18. The van der Waals surface area contributed by atoms with E-state index >= 15 is 0 Å². The summed E-state index contributed by atoms with van der Waals surface area (Å²) in [5.74, 6) is 0.225. The van der Waals surface area contributed by atoms with Gasteiger partial charge >= 0.3 is 0 Å². The Kier molecular flexibility index (Phi) is 4.35. The Labute approximate surface area is 116 Å². The first-order valence-electron chi connectivity index (χ1n) is 6.17. The normalized spacial score (nSPS) is 16.2. The third kappa shape index (κ3) is 3.09. The van der Waals surface area contributed by atoms with Crippen LogP contribution in [0.2, 0.25) is 0 Å². The highest BCUT2D eigenvalue weighted by molar-refractivity contribution is 9.10. The second kappa shape index (κ2) is 5.80. The number of carbonyl (C=O) groups is 1. The van der Waals surface area contributed by atoms with E-state index in [9.17, 15) is 4.79 Å². The van der Waals surface area contributed by atoms with Crippen molar-refractivity contribution in [2.24, 2.45) is 0 Å². The lowest BCUT2D eigenvalue weighted by molar-refractivity contribution is -0.114. The Bertz CT molecular complexity index is 477. The SMILES string of the molecule is CN(C)CCn1ncc(Br)c1C1=CC(=O)CCC1. The van der Waals surface area contributed by atoms with Crippen molar-refractivity contribution in [2.75, 3.05) is 20.6 Å². The van der Waals surface area contributed by atoms with E-state index < -0.39 is 0 Å². The number of nitrogens with zero attached hydrogens (tertiary/aromatic N) is 3. The monoisotopic (exact) mass is 311 g/mol. The molecule has 0 saturated carbocycles. The average Bonchev–Trinajstić information content (AvgIpc) is 2.68. The van der Waals surface area contributed by atoms with Crippen LogP contribution in [0.1, 0.15) is 25.0 Å². The Morgan fingerprint density at radius 3 is 2.89 bits per heavy atom. The van der Waals surface area contributed by atoms with Crippen molar-refractivity contribution in [1.82, 2.24) is 14.7 Å². The van der Waals surface area contributed by atoms with Crippen LogP contribution in [0.4, 0.5) is 0 Å². The van der Waals surface area contributed by atoms with Crippen molar-refractivity contribution >= 4 is 27.3 Å². The van der Waals surface area contributed by atoms with Gasteiger partial charge in [-0.05, 0) is 54.5 Å². The molecule has 0 N–H and O–H groups in total. The number of hydrogen-bond acceptors (Lipinski definition) is 3. The Balaban J connectivity index is 2.26. The minimum absolute atomic E-state index is 0.225. The lowest BCUT2D eigenvalue weighted by Gasteiger charge is -2.16. The summed E-state index contributed by atoms with van der Waals surface area (Å²) in [5, 5.41) is 4.38. The molecule has 0 aliphatic heterocycles. The van der Waals surface area contributed by atoms with E-state index in [0.717, 1.165) is 41.7 Å². The summed E-state index contributed by atoms with van der Waals surface area (Å²) in [6.07, 6.45) is 6.16. The maximum Gasteiger partial charge on any atom is 0.156 e. The minimum Gasteiger partial charge on any atom is -0.308 e. The van der Waals surface area contributed by atoms with Gasteiger partial charge in [0, 0.05) is 13.0 Å². The largest absolute Gasteiger partial charge is 0.308 e. The number of aromatic nitrogens is 2. The lowest BCUT2D eigenvalue weighted by atomic mass is 9.96. The van der Waals surface area contributed by atoms with Crippen LogP contribution >= 0.6 is 15.9 Å². The number of hydrogen-bond donors (Lipinski definition) is 0. The van der Waals surface area contributed by atoms with Crippen LogP contribution in [0.3, 0.4) is 0 Å². The van der Waals surface area contributed by atoms with Gasteiger partial charge in [-0.15, -0.1) is 0 Å². The highest BCUT2D eigenvalue weighted by atomic mass is 79.9. The van der Waals surface area contributed by atoms with Gasteiger partial charge < -0.3 is 4.90 Å². The fraction of sp³-hybridized carbons (Fsp3) is 0.538. The number of allylic oxidation sites excluding steroid dienone is 2. The predicted molar refractivity (Wildman–Crippen MR) is 75.3 cm³/mol. The van der Waals surface area contributed by atoms with Gasteiger partial charge in [0.15, 0.2) is 5.78 Å². The van der Waals surface area contributed by atoms with Crippen LogP contribution in [0.5, 0.6) is 0 Å². The molecule has 0 atom stereocenters. The summed E-state index contributed by atoms with van der Waals surface area (Å²) in [4.78, 5) is 13.7. The first-order valence-corrected chi connectivity index (χ1v) is 6.97. The summed E-state index contributed by atoms with van der Waals surface area (Å²) in [6, 6.07) is 0. The summed E-state index contributed by atoms with van der Waals surface area (Å²) in [7, 11) is 4.09. The summed E-state index contributed by atoms with van der Waals surface area (Å²) in [5.41, 5.74) is 2.17. The van der Waals surface area contributed by atoms with Crippen molar-refractivity contribution in [2.45, 2.75) is 25.8 Å². The molecule has 1 aliphatic carbocycles. The molecule has 18 heavy (non-hydrogen) atoms. The van der Waals surface area contributed by atoms with Crippen molar-refractivity contribution in [1.29, 1.82) is 0 Å². The Hall–Kier alpha value is -0.940. The molecule has 1 heterocycles. The molecule has 0 aromatic carbocycles. The van der Waals surface area contributed by atoms with Gasteiger partial charge in [0.1, 0.15) is 0 Å². The van der Waals surface area contributed by atoms with E-state index in [2.05, 4.69) is 25.9 Å². The molecule has 98 valence electrons. The summed E-state index contributed by atoms with van der Waals surface area (Å²) >= 11 is 3.53. The maximum absolute atomic E-state index is 11.5. The van der Waals surface area contributed by atoms with Crippen LogP contribution < -0.4 is 0 Å². The van der Waals surface area contributed by atoms with E-state index in [1.165, 1.54) is 0 Å². The first-order chi connectivity index (χ1) is 8.58. The molecule has 1 aliphatic rings. The molecule has 5 heteroatoms. The van der Waals surface area contributed by atoms with E-state index in [-0.39, 0.29) is 5.78 Å². The number of rotatable bonds is 4. The van der Waals surface area contributed by atoms with Crippen LogP contribution in [0, 0.1) is 0 Å². The molecule has 0 amide bonds. The maximum atomic E-state index is 11.5. The molecule has 0 unspecified atom stereocenters. The average molecular weight is 312 g/mol.